The summed E-state index contributed by atoms with van der Waals surface area (Å²) in [7, 11) is 0. The second kappa shape index (κ2) is 4.44. The molecule has 0 spiro atoms. The zero-order valence-electron chi connectivity index (χ0n) is 8.37. The first kappa shape index (κ1) is 10.8. The number of halogens is 2. The van der Waals surface area contributed by atoms with Crippen LogP contribution in [-0.4, -0.2) is 15.0 Å². The third-order valence-electron chi connectivity index (χ3n) is 1.79. The summed E-state index contributed by atoms with van der Waals surface area (Å²) in [4.78, 5) is 11.1. The Morgan fingerprint density at radius 3 is 2.94 bits per heavy atom. The average molecular weight is 243 g/mol. The molecule has 2 aromatic rings. The number of nitrogens with zero attached hydrogens (tertiary/aromatic N) is 3. The van der Waals surface area contributed by atoms with E-state index in [1.54, 1.807) is 13.1 Å². The fraction of sp³-hybridized carbons (Fsp3) is 0.222. The fourth-order valence-corrected chi connectivity index (χ4v) is 1.25. The predicted molar refractivity (Wildman–Crippen MR) is 55.6 cm³/mol. The summed E-state index contributed by atoms with van der Waals surface area (Å²) >= 11 is 5.53. The van der Waals surface area contributed by atoms with Gasteiger partial charge >= 0.3 is 0 Å². The van der Waals surface area contributed by atoms with Gasteiger partial charge in [0.15, 0.2) is 11.6 Å². The largest absolute Gasteiger partial charge is 0.444 e. The molecule has 0 aliphatic heterocycles. The molecule has 0 saturated carbocycles. The summed E-state index contributed by atoms with van der Waals surface area (Å²) in [6.07, 6.45) is 2.58. The minimum absolute atomic E-state index is 0.0208. The van der Waals surface area contributed by atoms with Crippen LogP contribution in [0.2, 0.25) is 5.28 Å². The van der Waals surface area contributed by atoms with Gasteiger partial charge in [-0.1, -0.05) is 0 Å². The van der Waals surface area contributed by atoms with Crippen LogP contribution < -0.4 is 5.32 Å². The Labute approximate surface area is 95.7 Å². The second-order valence-electron chi connectivity index (χ2n) is 3.05. The molecule has 0 aliphatic carbocycles. The average Bonchev–Trinajstić information content (AvgIpc) is 2.66. The van der Waals surface area contributed by atoms with E-state index in [4.69, 9.17) is 16.0 Å². The quantitative estimate of drug-likeness (QED) is 0.836. The first-order valence-electron chi connectivity index (χ1n) is 4.48. The summed E-state index contributed by atoms with van der Waals surface area (Å²) in [6, 6.07) is 0. The Hall–Kier alpha value is -1.69. The molecule has 0 aliphatic rings. The highest BCUT2D eigenvalue weighted by Gasteiger charge is 2.07. The molecule has 0 fully saturated rings. The van der Waals surface area contributed by atoms with E-state index in [2.05, 4.69) is 20.3 Å². The maximum Gasteiger partial charge on any atom is 0.224 e. The van der Waals surface area contributed by atoms with Crippen molar-refractivity contribution in [1.29, 1.82) is 0 Å². The van der Waals surface area contributed by atoms with E-state index in [1.165, 1.54) is 0 Å². The van der Waals surface area contributed by atoms with Gasteiger partial charge in [-0.15, -0.1) is 0 Å². The molecule has 0 amide bonds. The van der Waals surface area contributed by atoms with Crippen molar-refractivity contribution in [3.05, 3.63) is 35.1 Å². The first-order chi connectivity index (χ1) is 7.65. The number of aromatic nitrogens is 3. The SMILES string of the molecule is Cc1cnc(CNc2nc(Cl)ncc2F)o1. The van der Waals surface area contributed by atoms with Gasteiger partial charge < -0.3 is 9.73 Å². The van der Waals surface area contributed by atoms with Crippen molar-refractivity contribution in [3.8, 4) is 0 Å². The minimum Gasteiger partial charge on any atom is -0.444 e. The van der Waals surface area contributed by atoms with Crippen molar-refractivity contribution in [3.63, 3.8) is 0 Å². The van der Waals surface area contributed by atoms with E-state index in [0.717, 1.165) is 6.20 Å². The third-order valence-corrected chi connectivity index (χ3v) is 1.97. The van der Waals surface area contributed by atoms with Crippen molar-refractivity contribution in [2.75, 3.05) is 5.32 Å². The van der Waals surface area contributed by atoms with Gasteiger partial charge in [0.25, 0.3) is 0 Å². The summed E-state index contributed by atoms with van der Waals surface area (Å²) < 4.78 is 18.4. The van der Waals surface area contributed by atoms with E-state index in [-0.39, 0.29) is 17.6 Å². The zero-order valence-corrected chi connectivity index (χ0v) is 9.12. The summed E-state index contributed by atoms with van der Waals surface area (Å²) in [5.41, 5.74) is 0. The molecule has 0 aromatic carbocycles. The number of aryl methyl sites for hydroxylation is 1. The molecule has 0 radical (unpaired) electrons. The van der Waals surface area contributed by atoms with Crippen LogP contribution in [0.25, 0.3) is 0 Å². The molecule has 7 heteroatoms. The molecule has 1 N–H and O–H groups in total. The molecule has 5 nitrogen and oxygen atoms in total. The van der Waals surface area contributed by atoms with Gasteiger partial charge in [-0.25, -0.2) is 14.4 Å². The van der Waals surface area contributed by atoms with Crippen molar-refractivity contribution in [2.24, 2.45) is 0 Å². The number of nitrogens with one attached hydrogen (secondary N) is 1. The van der Waals surface area contributed by atoms with Gasteiger partial charge in [-0.05, 0) is 18.5 Å². The van der Waals surface area contributed by atoms with Crippen LogP contribution in [0.15, 0.2) is 16.8 Å². The molecule has 84 valence electrons. The van der Waals surface area contributed by atoms with Crippen molar-refractivity contribution in [1.82, 2.24) is 15.0 Å². The van der Waals surface area contributed by atoms with Crippen molar-refractivity contribution >= 4 is 17.4 Å². The van der Waals surface area contributed by atoms with Crippen LogP contribution in [0.1, 0.15) is 11.7 Å². The number of oxazole rings is 1. The van der Waals surface area contributed by atoms with Crippen LogP contribution in [0, 0.1) is 12.7 Å². The standard InChI is InChI=1S/C9H8ClFN4O/c1-5-2-12-7(16-5)4-13-8-6(11)3-14-9(10)15-8/h2-3H,4H2,1H3,(H,13,14,15). The predicted octanol–water partition coefficient (Wildman–Crippen LogP) is 2.18. The molecule has 0 bridgehead atoms. The highest BCUT2D eigenvalue weighted by Crippen LogP contribution is 2.13. The van der Waals surface area contributed by atoms with Gasteiger partial charge in [0.1, 0.15) is 5.76 Å². The highest BCUT2D eigenvalue weighted by molar-refractivity contribution is 6.28. The van der Waals surface area contributed by atoms with Gasteiger partial charge in [0.05, 0.1) is 18.9 Å². The Kier molecular flexibility index (Phi) is 3.00. The third kappa shape index (κ3) is 2.46. The smallest absolute Gasteiger partial charge is 0.224 e. The van der Waals surface area contributed by atoms with Crippen LogP contribution >= 0.6 is 11.6 Å². The Balaban J connectivity index is 2.07. The highest BCUT2D eigenvalue weighted by atomic mass is 35.5. The number of rotatable bonds is 3. The number of anilines is 1. The lowest BCUT2D eigenvalue weighted by atomic mass is 10.5. The molecule has 16 heavy (non-hydrogen) atoms. The van der Waals surface area contributed by atoms with Crippen LogP contribution in [0.4, 0.5) is 10.2 Å². The van der Waals surface area contributed by atoms with Crippen molar-refractivity contribution < 1.29 is 8.81 Å². The normalized spacial score (nSPS) is 10.4. The molecule has 0 saturated heterocycles. The van der Waals surface area contributed by atoms with E-state index >= 15 is 0 Å². The van der Waals surface area contributed by atoms with Gasteiger partial charge in [-0.3, -0.25) is 0 Å². The lowest BCUT2D eigenvalue weighted by Gasteiger charge is -2.03. The summed E-state index contributed by atoms with van der Waals surface area (Å²) in [5, 5.41) is 2.70. The van der Waals surface area contributed by atoms with Gasteiger partial charge in [0, 0.05) is 0 Å². The van der Waals surface area contributed by atoms with E-state index in [0.29, 0.717) is 11.7 Å². The monoisotopic (exact) mass is 242 g/mol. The van der Waals surface area contributed by atoms with Crippen LogP contribution in [-0.2, 0) is 6.54 Å². The maximum atomic E-state index is 13.2. The molecule has 0 unspecified atom stereocenters. The maximum absolute atomic E-state index is 13.2. The lowest BCUT2D eigenvalue weighted by Crippen LogP contribution is -2.04. The summed E-state index contributed by atoms with van der Waals surface area (Å²) in [6.45, 7) is 2.01. The Morgan fingerprint density at radius 1 is 1.44 bits per heavy atom. The topological polar surface area (TPSA) is 63.8 Å². The second-order valence-corrected chi connectivity index (χ2v) is 3.39. The van der Waals surface area contributed by atoms with Gasteiger partial charge in [-0.2, -0.15) is 4.98 Å². The van der Waals surface area contributed by atoms with Gasteiger partial charge in [0.2, 0.25) is 11.2 Å². The Bertz CT molecular complexity index is 502. The first-order valence-corrected chi connectivity index (χ1v) is 4.86. The summed E-state index contributed by atoms with van der Waals surface area (Å²) in [5.74, 6) is 0.591. The molecule has 0 atom stereocenters. The molecular weight excluding hydrogens is 235 g/mol. The van der Waals surface area contributed by atoms with Crippen molar-refractivity contribution in [2.45, 2.75) is 13.5 Å². The molecule has 2 rings (SSSR count). The van der Waals surface area contributed by atoms with Crippen LogP contribution in [0.3, 0.4) is 0 Å². The van der Waals surface area contributed by atoms with E-state index < -0.39 is 5.82 Å². The fourth-order valence-electron chi connectivity index (χ4n) is 1.11. The molecular formula is C9H8ClFN4O. The Morgan fingerprint density at radius 2 is 2.25 bits per heavy atom. The molecule has 2 heterocycles. The van der Waals surface area contributed by atoms with E-state index in [9.17, 15) is 4.39 Å². The lowest BCUT2D eigenvalue weighted by molar-refractivity contribution is 0.478. The number of hydrogen-bond acceptors (Lipinski definition) is 5. The van der Waals surface area contributed by atoms with Crippen LogP contribution in [0.5, 0.6) is 0 Å². The zero-order chi connectivity index (χ0) is 11.5. The minimum atomic E-state index is -0.576. The molecule has 2 aromatic heterocycles. The number of hydrogen-bond donors (Lipinski definition) is 1. The van der Waals surface area contributed by atoms with E-state index in [1.807, 2.05) is 0 Å².